The molecule has 1 aromatic rings. The molecular formula is C17H30N2. The van der Waals surface area contributed by atoms with Gasteiger partial charge in [-0.15, -0.1) is 0 Å². The first-order valence-corrected chi connectivity index (χ1v) is 7.77. The van der Waals surface area contributed by atoms with Gasteiger partial charge in [0.05, 0.1) is 0 Å². The van der Waals surface area contributed by atoms with E-state index < -0.39 is 0 Å². The van der Waals surface area contributed by atoms with Gasteiger partial charge in [0, 0.05) is 25.3 Å². The predicted octanol–water partition coefficient (Wildman–Crippen LogP) is 4.37. The molecule has 1 atom stereocenters. The van der Waals surface area contributed by atoms with Crippen LogP contribution in [0.4, 0.5) is 5.69 Å². The fourth-order valence-electron chi connectivity index (χ4n) is 2.57. The van der Waals surface area contributed by atoms with Crippen LogP contribution in [0, 0.1) is 0 Å². The van der Waals surface area contributed by atoms with Crippen molar-refractivity contribution in [2.45, 2.75) is 52.5 Å². The molecule has 1 aromatic carbocycles. The molecule has 0 heterocycles. The average Bonchev–Trinajstić information content (AvgIpc) is 2.45. The second kappa shape index (κ2) is 8.98. The third kappa shape index (κ3) is 4.87. The molecule has 0 saturated heterocycles. The van der Waals surface area contributed by atoms with E-state index in [0.29, 0.717) is 6.04 Å². The number of benzene rings is 1. The maximum absolute atomic E-state index is 3.58. The number of hydrogen-bond acceptors (Lipinski definition) is 2. The Morgan fingerprint density at radius 1 is 1.11 bits per heavy atom. The Labute approximate surface area is 119 Å². The second-order valence-corrected chi connectivity index (χ2v) is 5.21. The summed E-state index contributed by atoms with van der Waals surface area (Å²) in [5.41, 5.74) is 2.82. The van der Waals surface area contributed by atoms with E-state index in [4.69, 9.17) is 0 Å². The summed E-state index contributed by atoms with van der Waals surface area (Å²) in [5, 5.41) is 3.58. The molecule has 1 N–H and O–H groups in total. The standard InChI is InChI=1S/C17H30N2/c1-5-8-11-14-19(4)17-13-10-9-12-15(17)16(6-2)18-7-3/h9-10,12-13,16,18H,5-8,11,14H2,1-4H3. The van der Waals surface area contributed by atoms with Gasteiger partial charge < -0.3 is 10.2 Å². The molecule has 0 aliphatic heterocycles. The lowest BCUT2D eigenvalue weighted by atomic mass is 10.0. The minimum atomic E-state index is 0.467. The van der Waals surface area contributed by atoms with Crippen LogP contribution in [0.25, 0.3) is 0 Å². The molecular weight excluding hydrogens is 232 g/mol. The third-order valence-corrected chi connectivity index (χ3v) is 3.68. The quantitative estimate of drug-likeness (QED) is 0.665. The van der Waals surface area contributed by atoms with Crippen LogP contribution in [0.15, 0.2) is 24.3 Å². The van der Waals surface area contributed by atoms with Crippen molar-refractivity contribution in [2.75, 3.05) is 25.0 Å². The van der Waals surface area contributed by atoms with E-state index in [0.717, 1.165) is 19.5 Å². The maximum atomic E-state index is 3.58. The van der Waals surface area contributed by atoms with Gasteiger partial charge >= 0.3 is 0 Å². The van der Waals surface area contributed by atoms with Crippen LogP contribution >= 0.6 is 0 Å². The van der Waals surface area contributed by atoms with Gasteiger partial charge in [-0.3, -0.25) is 0 Å². The minimum Gasteiger partial charge on any atom is -0.374 e. The second-order valence-electron chi connectivity index (χ2n) is 5.21. The molecule has 0 bridgehead atoms. The summed E-state index contributed by atoms with van der Waals surface area (Å²) < 4.78 is 0. The molecule has 2 heteroatoms. The van der Waals surface area contributed by atoms with Crippen molar-refractivity contribution < 1.29 is 0 Å². The highest BCUT2D eigenvalue weighted by Crippen LogP contribution is 2.27. The van der Waals surface area contributed by atoms with Crippen LogP contribution in [0.3, 0.4) is 0 Å². The third-order valence-electron chi connectivity index (χ3n) is 3.68. The summed E-state index contributed by atoms with van der Waals surface area (Å²) >= 11 is 0. The van der Waals surface area contributed by atoms with Crippen LogP contribution in [-0.2, 0) is 0 Å². The highest BCUT2D eigenvalue weighted by Gasteiger charge is 2.14. The Hall–Kier alpha value is -1.02. The highest BCUT2D eigenvalue weighted by molar-refractivity contribution is 5.54. The van der Waals surface area contributed by atoms with Crippen molar-refractivity contribution in [3.63, 3.8) is 0 Å². The van der Waals surface area contributed by atoms with Crippen molar-refractivity contribution in [3.8, 4) is 0 Å². The van der Waals surface area contributed by atoms with E-state index in [9.17, 15) is 0 Å². The lowest BCUT2D eigenvalue weighted by Gasteiger charge is -2.26. The number of anilines is 1. The number of hydrogen-bond donors (Lipinski definition) is 1. The normalized spacial score (nSPS) is 12.4. The van der Waals surface area contributed by atoms with E-state index in [1.807, 2.05) is 0 Å². The highest BCUT2D eigenvalue weighted by atomic mass is 15.1. The molecule has 0 saturated carbocycles. The zero-order valence-electron chi connectivity index (χ0n) is 13.1. The van der Waals surface area contributed by atoms with E-state index in [1.54, 1.807) is 0 Å². The van der Waals surface area contributed by atoms with Crippen LogP contribution in [0.2, 0.25) is 0 Å². The first-order valence-electron chi connectivity index (χ1n) is 7.77. The van der Waals surface area contributed by atoms with Crippen LogP contribution in [0.1, 0.15) is 58.1 Å². The summed E-state index contributed by atoms with van der Waals surface area (Å²) in [5.74, 6) is 0. The molecule has 0 aliphatic rings. The molecule has 2 nitrogen and oxygen atoms in total. The van der Waals surface area contributed by atoms with Gasteiger partial charge in [0.15, 0.2) is 0 Å². The van der Waals surface area contributed by atoms with Gasteiger partial charge in [0.25, 0.3) is 0 Å². The van der Waals surface area contributed by atoms with Crippen molar-refractivity contribution >= 4 is 5.69 Å². The summed E-state index contributed by atoms with van der Waals surface area (Å²) in [7, 11) is 2.22. The van der Waals surface area contributed by atoms with Crippen molar-refractivity contribution in [1.29, 1.82) is 0 Å². The number of nitrogens with one attached hydrogen (secondary N) is 1. The molecule has 0 aliphatic carbocycles. The SMILES string of the molecule is CCCCCN(C)c1ccccc1C(CC)NCC. The van der Waals surface area contributed by atoms with E-state index in [1.165, 1.54) is 30.5 Å². The predicted molar refractivity (Wildman–Crippen MR) is 85.9 cm³/mol. The molecule has 108 valence electrons. The minimum absolute atomic E-state index is 0.467. The van der Waals surface area contributed by atoms with Gasteiger partial charge in [0.2, 0.25) is 0 Å². The first-order chi connectivity index (χ1) is 9.24. The summed E-state index contributed by atoms with van der Waals surface area (Å²) in [6.07, 6.45) is 5.01. The molecule has 0 fully saturated rings. The Balaban J connectivity index is 2.81. The Kier molecular flexibility index (Phi) is 7.57. The number of nitrogens with zero attached hydrogens (tertiary/aromatic N) is 1. The van der Waals surface area contributed by atoms with Crippen molar-refractivity contribution in [2.24, 2.45) is 0 Å². The fourth-order valence-corrected chi connectivity index (χ4v) is 2.57. The van der Waals surface area contributed by atoms with Crippen molar-refractivity contribution in [3.05, 3.63) is 29.8 Å². The largest absolute Gasteiger partial charge is 0.374 e. The van der Waals surface area contributed by atoms with Crippen molar-refractivity contribution in [1.82, 2.24) is 5.32 Å². The average molecular weight is 262 g/mol. The Morgan fingerprint density at radius 2 is 1.84 bits per heavy atom. The van der Waals surface area contributed by atoms with E-state index in [-0.39, 0.29) is 0 Å². The van der Waals surface area contributed by atoms with Gasteiger partial charge in [0.1, 0.15) is 0 Å². The number of rotatable bonds is 9. The van der Waals surface area contributed by atoms with E-state index in [2.05, 4.69) is 62.3 Å². The van der Waals surface area contributed by atoms with Gasteiger partial charge in [-0.2, -0.15) is 0 Å². The summed E-state index contributed by atoms with van der Waals surface area (Å²) in [6, 6.07) is 9.28. The molecule has 0 radical (unpaired) electrons. The molecule has 0 spiro atoms. The Morgan fingerprint density at radius 3 is 2.47 bits per heavy atom. The van der Waals surface area contributed by atoms with Crippen LogP contribution in [0.5, 0.6) is 0 Å². The van der Waals surface area contributed by atoms with Gasteiger partial charge in [-0.1, -0.05) is 51.8 Å². The molecule has 0 amide bonds. The van der Waals surface area contributed by atoms with E-state index >= 15 is 0 Å². The number of unbranched alkanes of at least 4 members (excludes halogenated alkanes) is 2. The van der Waals surface area contributed by atoms with Crippen LogP contribution in [-0.4, -0.2) is 20.1 Å². The lowest BCUT2D eigenvalue weighted by Crippen LogP contribution is -2.25. The smallest absolute Gasteiger partial charge is 0.0412 e. The lowest BCUT2D eigenvalue weighted by molar-refractivity contribution is 0.536. The molecule has 0 aromatic heterocycles. The fraction of sp³-hybridized carbons (Fsp3) is 0.647. The zero-order valence-corrected chi connectivity index (χ0v) is 13.1. The summed E-state index contributed by atoms with van der Waals surface area (Å²) in [6.45, 7) is 8.85. The molecule has 1 rings (SSSR count). The zero-order chi connectivity index (χ0) is 14.1. The Bertz CT molecular complexity index is 349. The topological polar surface area (TPSA) is 15.3 Å². The van der Waals surface area contributed by atoms with Gasteiger partial charge in [-0.25, -0.2) is 0 Å². The monoisotopic (exact) mass is 262 g/mol. The van der Waals surface area contributed by atoms with Gasteiger partial charge in [-0.05, 0) is 31.0 Å². The number of para-hydroxylation sites is 1. The summed E-state index contributed by atoms with van der Waals surface area (Å²) in [4.78, 5) is 2.41. The first kappa shape index (κ1) is 16.0. The molecule has 1 unspecified atom stereocenters. The maximum Gasteiger partial charge on any atom is 0.0412 e. The van der Waals surface area contributed by atoms with Crippen LogP contribution < -0.4 is 10.2 Å². The molecule has 19 heavy (non-hydrogen) atoms.